The number of anilines is 2. The quantitative estimate of drug-likeness (QED) is 0.900. The number of alkyl halides is 3. The van der Waals surface area contributed by atoms with Crippen molar-refractivity contribution in [3.8, 4) is 0 Å². The van der Waals surface area contributed by atoms with Crippen LogP contribution in [0.4, 0.5) is 29.3 Å². The van der Waals surface area contributed by atoms with Crippen molar-refractivity contribution in [3.63, 3.8) is 0 Å². The van der Waals surface area contributed by atoms with E-state index in [4.69, 9.17) is 5.73 Å². The molecule has 2 rings (SSSR count). The minimum atomic E-state index is -4.49. The molecule has 0 atom stereocenters. The Kier molecular flexibility index (Phi) is 4.80. The molecule has 0 spiro atoms. The van der Waals surface area contributed by atoms with Crippen LogP contribution in [-0.2, 0) is 6.18 Å². The number of benzene rings is 1. The second-order valence-electron chi connectivity index (χ2n) is 5.14. The highest BCUT2D eigenvalue weighted by molar-refractivity contribution is 5.88. The Morgan fingerprint density at radius 2 is 1.91 bits per heavy atom. The lowest BCUT2D eigenvalue weighted by Gasteiger charge is -2.36. The Bertz CT molecular complexity index is 539. The van der Waals surface area contributed by atoms with E-state index >= 15 is 0 Å². The number of nitrogens with zero attached hydrogens (tertiary/aromatic N) is 2. The van der Waals surface area contributed by atoms with Crippen molar-refractivity contribution in [3.05, 3.63) is 23.8 Å². The molecule has 0 aromatic heterocycles. The Balaban J connectivity index is 2.28. The van der Waals surface area contributed by atoms with E-state index in [0.717, 1.165) is 25.7 Å². The molecule has 0 unspecified atom stereocenters. The van der Waals surface area contributed by atoms with E-state index in [1.807, 2.05) is 6.92 Å². The highest BCUT2D eigenvalue weighted by atomic mass is 19.4. The molecule has 0 saturated carbocycles. The number of urea groups is 1. The van der Waals surface area contributed by atoms with E-state index in [0.29, 0.717) is 13.1 Å². The van der Waals surface area contributed by atoms with Gasteiger partial charge in [0, 0.05) is 37.6 Å². The number of likely N-dealkylation sites (N-methyl/N-ethyl adjacent to an activating group) is 1. The minimum Gasteiger partial charge on any atom is -0.368 e. The van der Waals surface area contributed by atoms with Gasteiger partial charge in [-0.3, -0.25) is 0 Å². The Morgan fingerprint density at radius 1 is 1.27 bits per heavy atom. The normalized spacial score (nSPS) is 16.6. The molecule has 1 heterocycles. The number of carbonyl (C=O) groups is 1. The van der Waals surface area contributed by atoms with Gasteiger partial charge in [-0.15, -0.1) is 0 Å². The van der Waals surface area contributed by atoms with Crippen molar-refractivity contribution in [2.45, 2.75) is 13.1 Å². The Labute approximate surface area is 126 Å². The van der Waals surface area contributed by atoms with Gasteiger partial charge in [0.15, 0.2) is 0 Å². The summed E-state index contributed by atoms with van der Waals surface area (Å²) in [4.78, 5) is 14.7. The molecule has 0 aliphatic carbocycles. The van der Waals surface area contributed by atoms with Gasteiger partial charge in [0.25, 0.3) is 0 Å². The largest absolute Gasteiger partial charge is 0.418 e. The van der Waals surface area contributed by atoms with Crippen molar-refractivity contribution in [2.75, 3.05) is 42.9 Å². The molecule has 5 nitrogen and oxygen atoms in total. The third kappa shape index (κ3) is 3.82. The summed E-state index contributed by atoms with van der Waals surface area (Å²) < 4.78 is 39.8. The van der Waals surface area contributed by atoms with Crippen LogP contribution in [0, 0.1) is 0 Å². The first-order chi connectivity index (χ1) is 10.3. The fraction of sp³-hybridized carbons (Fsp3) is 0.500. The molecular formula is C14H19F3N4O. The van der Waals surface area contributed by atoms with E-state index in [1.165, 1.54) is 12.1 Å². The molecule has 1 aliphatic heterocycles. The highest BCUT2D eigenvalue weighted by Crippen LogP contribution is 2.38. The molecule has 22 heavy (non-hydrogen) atoms. The summed E-state index contributed by atoms with van der Waals surface area (Å²) in [5, 5.41) is 2.18. The number of piperazine rings is 1. The van der Waals surface area contributed by atoms with Crippen molar-refractivity contribution in [1.29, 1.82) is 0 Å². The molecule has 1 fully saturated rings. The standard InChI is InChI=1S/C14H19F3N4O/c1-2-20-5-7-21(8-6-20)12-4-3-10(19-13(18)22)9-11(12)14(15,16)17/h3-4,9H,2,5-8H2,1H3,(H3,18,19,22). The molecule has 1 saturated heterocycles. The molecule has 1 aromatic carbocycles. The molecule has 0 radical (unpaired) electrons. The van der Waals surface area contributed by atoms with Gasteiger partial charge in [-0.25, -0.2) is 4.79 Å². The van der Waals surface area contributed by atoms with Crippen LogP contribution in [-0.4, -0.2) is 43.7 Å². The zero-order chi connectivity index (χ0) is 16.3. The number of primary amides is 1. The molecule has 3 N–H and O–H groups in total. The first-order valence-electron chi connectivity index (χ1n) is 7.06. The van der Waals surface area contributed by atoms with Crippen LogP contribution in [0.25, 0.3) is 0 Å². The predicted molar refractivity (Wildman–Crippen MR) is 79.0 cm³/mol. The summed E-state index contributed by atoms with van der Waals surface area (Å²) in [6, 6.07) is 2.85. The van der Waals surface area contributed by atoms with Crippen molar-refractivity contribution < 1.29 is 18.0 Å². The van der Waals surface area contributed by atoms with E-state index in [-0.39, 0.29) is 11.4 Å². The van der Waals surface area contributed by atoms with Crippen LogP contribution >= 0.6 is 0 Å². The molecule has 0 bridgehead atoms. The maximum atomic E-state index is 13.3. The molecule has 2 amide bonds. The van der Waals surface area contributed by atoms with Gasteiger partial charge in [0.2, 0.25) is 0 Å². The van der Waals surface area contributed by atoms with Gasteiger partial charge in [-0.2, -0.15) is 13.2 Å². The van der Waals surface area contributed by atoms with Crippen LogP contribution in [0.15, 0.2) is 18.2 Å². The smallest absolute Gasteiger partial charge is 0.368 e. The zero-order valence-corrected chi connectivity index (χ0v) is 12.3. The third-order valence-corrected chi connectivity index (χ3v) is 3.73. The number of hydrogen-bond donors (Lipinski definition) is 2. The van der Waals surface area contributed by atoms with Gasteiger partial charge in [-0.1, -0.05) is 6.92 Å². The van der Waals surface area contributed by atoms with Crippen LogP contribution in [0.1, 0.15) is 12.5 Å². The molecule has 1 aliphatic rings. The van der Waals surface area contributed by atoms with Gasteiger partial charge in [-0.05, 0) is 24.7 Å². The summed E-state index contributed by atoms with van der Waals surface area (Å²) in [6.45, 7) is 5.46. The fourth-order valence-electron chi connectivity index (χ4n) is 2.56. The summed E-state index contributed by atoms with van der Waals surface area (Å²) >= 11 is 0. The average Bonchev–Trinajstić information content (AvgIpc) is 2.46. The van der Waals surface area contributed by atoms with Crippen LogP contribution in [0.3, 0.4) is 0 Å². The van der Waals surface area contributed by atoms with Crippen molar-refractivity contribution in [1.82, 2.24) is 4.90 Å². The minimum absolute atomic E-state index is 0.0377. The summed E-state index contributed by atoms with van der Waals surface area (Å²) in [7, 11) is 0. The molecule has 8 heteroatoms. The maximum absolute atomic E-state index is 13.3. The van der Waals surface area contributed by atoms with Crippen LogP contribution in [0.5, 0.6) is 0 Å². The lowest BCUT2D eigenvalue weighted by Crippen LogP contribution is -2.46. The first-order valence-corrected chi connectivity index (χ1v) is 7.06. The number of amides is 2. The topological polar surface area (TPSA) is 61.6 Å². The van der Waals surface area contributed by atoms with E-state index in [1.54, 1.807) is 4.90 Å². The predicted octanol–water partition coefficient (Wildman–Crippen LogP) is 2.34. The first kappa shape index (κ1) is 16.4. The van der Waals surface area contributed by atoms with Crippen LogP contribution in [0.2, 0.25) is 0 Å². The number of nitrogens with one attached hydrogen (secondary N) is 1. The summed E-state index contributed by atoms with van der Waals surface area (Å²) in [5.41, 5.74) is 4.36. The maximum Gasteiger partial charge on any atom is 0.418 e. The Hall–Kier alpha value is -1.96. The summed E-state index contributed by atoms with van der Waals surface area (Å²) in [6.07, 6.45) is -4.49. The SMILES string of the molecule is CCN1CCN(c2ccc(NC(N)=O)cc2C(F)(F)F)CC1. The molecular weight excluding hydrogens is 297 g/mol. The van der Waals surface area contributed by atoms with Gasteiger partial charge >= 0.3 is 12.2 Å². The third-order valence-electron chi connectivity index (χ3n) is 3.73. The van der Waals surface area contributed by atoms with Gasteiger partial charge in [0.1, 0.15) is 0 Å². The number of halogens is 3. The average molecular weight is 316 g/mol. The number of hydrogen-bond acceptors (Lipinski definition) is 3. The zero-order valence-electron chi connectivity index (χ0n) is 12.3. The highest BCUT2D eigenvalue weighted by Gasteiger charge is 2.35. The van der Waals surface area contributed by atoms with Crippen molar-refractivity contribution in [2.24, 2.45) is 5.73 Å². The van der Waals surface area contributed by atoms with Gasteiger partial charge < -0.3 is 20.9 Å². The number of nitrogens with two attached hydrogens (primary N) is 1. The summed E-state index contributed by atoms with van der Waals surface area (Å²) in [5.74, 6) is 0. The fourth-order valence-corrected chi connectivity index (χ4v) is 2.56. The Morgan fingerprint density at radius 3 is 2.41 bits per heavy atom. The molecule has 122 valence electrons. The number of rotatable bonds is 3. The van der Waals surface area contributed by atoms with E-state index in [9.17, 15) is 18.0 Å². The van der Waals surface area contributed by atoms with Gasteiger partial charge in [0.05, 0.1) is 5.56 Å². The van der Waals surface area contributed by atoms with Crippen molar-refractivity contribution >= 4 is 17.4 Å². The monoisotopic (exact) mass is 316 g/mol. The number of carbonyl (C=O) groups excluding carboxylic acids is 1. The second-order valence-corrected chi connectivity index (χ2v) is 5.14. The van der Waals surface area contributed by atoms with Crippen LogP contribution < -0.4 is 16.0 Å². The lowest BCUT2D eigenvalue weighted by molar-refractivity contribution is -0.137. The lowest BCUT2D eigenvalue weighted by atomic mass is 10.1. The molecule has 1 aromatic rings. The second kappa shape index (κ2) is 6.43. The van der Waals surface area contributed by atoms with E-state index < -0.39 is 17.8 Å². The van der Waals surface area contributed by atoms with E-state index in [2.05, 4.69) is 10.2 Å².